The lowest BCUT2D eigenvalue weighted by Crippen LogP contribution is -2.40. The van der Waals surface area contributed by atoms with E-state index in [2.05, 4.69) is 29.4 Å². The van der Waals surface area contributed by atoms with Crippen molar-refractivity contribution in [1.29, 1.82) is 0 Å². The van der Waals surface area contributed by atoms with Gasteiger partial charge in [0.2, 0.25) is 5.91 Å². The van der Waals surface area contributed by atoms with E-state index >= 15 is 0 Å². The number of piperidine rings is 1. The number of hydrogen-bond donors (Lipinski definition) is 2. The van der Waals surface area contributed by atoms with Crippen molar-refractivity contribution in [2.24, 2.45) is 11.8 Å². The van der Waals surface area contributed by atoms with Gasteiger partial charge in [0.15, 0.2) is 0 Å². The second-order valence-electron chi connectivity index (χ2n) is 6.14. The minimum absolute atomic E-state index is 0.159. The van der Waals surface area contributed by atoms with Crippen molar-refractivity contribution in [2.45, 2.75) is 39.5 Å². The van der Waals surface area contributed by atoms with Crippen LogP contribution in [0.25, 0.3) is 0 Å². The molecule has 1 fully saturated rings. The van der Waals surface area contributed by atoms with Gasteiger partial charge in [-0.2, -0.15) is 0 Å². The highest BCUT2D eigenvalue weighted by molar-refractivity contribution is 5.75. The highest BCUT2D eigenvalue weighted by atomic mass is 16.1. The van der Waals surface area contributed by atoms with E-state index in [1.165, 1.54) is 25.9 Å². The van der Waals surface area contributed by atoms with Crippen molar-refractivity contribution in [3.8, 4) is 0 Å². The van der Waals surface area contributed by atoms with Crippen molar-refractivity contribution in [2.75, 3.05) is 39.8 Å². The predicted octanol–water partition coefficient (Wildman–Crippen LogP) is 1.47. The average molecular weight is 269 g/mol. The first-order chi connectivity index (χ1) is 9.11. The molecule has 0 saturated carbocycles. The highest BCUT2D eigenvalue weighted by Crippen LogP contribution is 2.16. The van der Waals surface area contributed by atoms with E-state index in [9.17, 15) is 4.79 Å². The Balaban J connectivity index is 2.13. The van der Waals surface area contributed by atoms with Crippen molar-refractivity contribution >= 4 is 5.91 Å². The first-order valence-electron chi connectivity index (χ1n) is 7.75. The lowest BCUT2D eigenvalue weighted by atomic mass is 9.97. The molecular weight excluding hydrogens is 238 g/mol. The number of likely N-dealkylation sites (tertiary alicyclic amines) is 1. The molecule has 1 saturated heterocycles. The molecule has 1 aliphatic rings. The van der Waals surface area contributed by atoms with Crippen molar-refractivity contribution < 1.29 is 4.79 Å². The summed E-state index contributed by atoms with van der Waals surface area (Å²) in [6, 6.07) is 0. The minimum atomic E-state index is 0.159. The van der Waals surface area contributed by atoms with Gasteiger partial charge in [0.25, 0.3) is 0 Å². The van der Waals surface area contributed by atoms with Crippen LogP contribution in [0.5, 0.6) is 0 Å². The molecule has 1 rings (SSSR count). The summed E-state index contributed by atoms with van der Waals surface area (Å²) in [5.74, 6) is 1.67. The number of hydrogen-bond acceptors (Lipinski definition) is 3. The number of rotatable bonds is 8. The zero-order chi connectivity index (χ0) is 14.1. The predicted molar refractivity (Wildman–Crippen MR) is 80.2 cm³/mol. The van der Waals surface area contributed by atoms with Crippen LogP contribution in [0.3, 0.4) is 0 Å². The van der Waals surface area contributed by atoms with Gasteiger partial charge >= 0.3 is 0 Å². The molecule has 1 aliphatic heterocycles. The molecule has 0 aromatic rings. The Kier molecular flexibility index (Phi) is 8.07. The fraction of sp³-hybridized carbons (Fsp3) is 0.933. The summed E-state index contributed by atoms with van der Waals surface area (Å²) in [6.45, 7) is 10.2. The normalized spacial score (nSPS) is 20.7. The second kappa shape index (κ2) is 9.32. The maximum Gasteiger partial charge on any atom is 0.219 e. The Hall–Kier alpha value is -0.610. The van der Waals surface area contributed by atoms with Crippen LogP contribution in [0.15, 0.2) is 0 Å². The molecule has 0 aromatic heterocycles. The molecule has 0 aromatic carbocycles. The quantitative estimate of drug-likeness (QED) is 0.701. The van der Waals surface area contributed by atoms with Crippen LogP contribution in [-0.2, 0) is 4.79 Å². The molecule has 4 heteroatoms. The lowest BCUT2D eigenvalue weighted by Gasteiger charge is -2.33. The summed E-state index contributed by atoms with van der Waals surface area (Å²) in [4.78, 5) is 13.7. The van der Waals surface area contributed by atoms with E-state index in [0.717, 1.165) is 37.9 Å². The number of nitrogens with zero attached hydrogens (tertiary/aromatic N) is 1. The largest absolute Gasteiger partial charge is 0.359 e. The molecule has 2 N–H and O–H groups in total. The molecule has 0 spiro atoms. The average Bonchev–Trinajstić information content (AvgIpc) is 2.38. The van der Waals surface area contributed by atoms with E-state index in [1.54, 1.807) is 7.05 Å². The SMILES string of the molecule is CNC(=O)CCCN1CCCC(CNCC(C)C)C1. The maximum atomic E-state index is 11.2. The monoisotopic (exact) mass is 269 g/mol. The van der Waals surface area contributed by atoms with Gasteiger partial charge in [-0.1, -0.05) is 13.8 Å². The molecule has 0 radical (unpaired) electrons. The van der Waals surface area contributed by atoms with Gasteiger partial charge < -0.3 is 15.5 Å². The van der Waals surface area contributed by atoms with Crippen LogP contribution in [0, 0.1) is 11.8 Å². The topological polar surface area (TPSA) is 44.4 Å². The summed E-state index contributed by atoms with van der Waals surface area (Å²) in [7, 11) is 1.71. The van der Waals surface area contributed by atoms with Crippen molar-refractivity contribution in [3.05, 3.63) is 0 Å². The third kappa shape index (κ3) is 7.53. The van der Waals surface area contributed by atoms with Crippen LogP contribution in [0.4, 0.5) is 0 Å². The molecule has 1 unspecified atom stereocenters. The highest BCUT2D eigenvalue weighted by Gasteiger charge is 2.19. The molecular formula is C15H31N3O. The Morgan fingerprint density at radius 2 is 2.21 bits per heavy atom. The van der Waals surface area contributed by atoms with Gasteiger partial charge in [-0.25, -0.2) is 0 Å². The molecule has 4 nitrogen and oxygen atoms in total. The summed E-state index contributed by atoms with van der Waals surface area (Å²) in [6.07, 6.45) is 4.28. The number of carbonyl (C=O) groups is 1. The van der Waals surface area contributed by atoms with Gasteiger partial charge in [0.05, 0.1) is 0 Å². The van der Waals surface area contributed by atoms with Crippen LogP contribution < -0.4 is 10.6 Å². The Bertz CT molecular complexity index is 256. The fourth-order valence-electron chi connectivity index (χ4n) is 2.69. The zero-order valence-corrected chi connectivity index (χ0v) is 12.9. The van der Waals surface area contributed by atoms with Gasteiger partial charge in [-0.05, 0) is 57.3 Å². The van der Waals surface area contributed by atoms with Gasteiger partial charge in [-0.3, -0.25) is 4.79 Å². The lowest BCUT2D eigenvalue weighted by molar-refractivity contribution is -0.120. The van der Waals surface area contributed by atoms with Crippen molar-refractivity contribution in [1.82, 2.24) is 15.5 Å². The third-order valence-corrected chi connectivity index (χ3v) is 3.75. The van der Waals surface area contributed by atoms with Crippen LogP contribution >= 0.6 is 0 Å². The Morgan fingerprint density at radius 1 is 1.42 bits per heavy atom. The van der Waals surface area contributed by atoms with Crippen LogP contribution in [0.2, 0.25) is 0 Å². The Morgan fingerprint density at radius 3 is 2.89 bits per heavy atom. The van der Waals surface area contributed by atoms with Gasteiger partial charge in [0.1, 0.15) is 0 Å². The van der Waals surface area contributed by atoms with Crippen LogP contribution in [-0.4, -0.2) is 50.6 Å². The maximum absolute atomic E-state index is 11.2. The summed E-state index contributed by atoms with van der Waals surface area (Å²) in [5, 5.41) is 6.25. The zero-order valence-electron chi connectivity index (χ0n) is 12.9. The molecule has 1 amide bonds. The number of carbonyl (C=O) groups excluding carboxylic acids is 1. The number of amides is 1. The number of nitrogens with one attached hydrogen (secondary N) is 2. The molecule has 112 valence electrons. The summed E-state index contributed by atoms with van der Waals surface area (Å²) in [5.41, 5.74) is 0. The van der Waals surface area contributed by atoms with E-state index in [1.807, 2.05) is 0 Å². The van der Waals surface area contributed by atoms with E-state index < -0.39 is 0 Å². The van der Waals surface area contributed by atoms with E-state index in [4.69, 9.17) is 0 Å². The molecule has 0 bridgehead atoms. The smallest absolute Gasteiger partial charge is 0.219 e. The van der Waals surface area contributed by atoms with Crippen molar-refractivity contribution in [3.63, 3.8) is 0 Å². The van der Waals surface area contributed by atoms with Gasteiger partial charge in [-0.15, -0.1) is 0 Å². The first kappa shape index (κ1) is 16.4. The molecule has 19 heavy (non-hydrogen) atoms. The summed E-state index contributed by atoms with van der Waals surface area (Å²) < 4.78 is 0. The molecule has 1 heterocycles. The van der Waals surface area contributed by atoms with E-state index in [-0.39, 0.29) is 5.91 Å². The minimum Gasteiger partial charge on any atom is -0.359 e. The summed E-state index contributed by atoms with van der Waals surface area (Å²) >= 11 is 0. The van der Waals surface area contributed by atoms with Crippen LogP contribution in [0.1, 0.15) is 39.5 Å². The molecule has 0 aliphatic carbocycles. The fourth-order valence-corrected chi connectivity index (χ4v) is 2.69. The van der Waals surface area contributed by atoms with Gasteiger partial charge in [0, 0.05) is 20.0 Å². The second-order valence-corrected chi connectivity index (χ2v) is 6.14. The Labute approximate surface area is 118 Å². The van der Waals surface area contributed by atoms with E-state index in [0.29, 0.717) is 6.42 Å². The first-order valence-corrected chi connectivity index (χ1v) is 7.75. The third-order valence-electron chi connectivity index (χ3n) is 3.75. The molecule has 1 atom stereocenters. The standard InChI is InChI=1S/C15H31N3O/c1-13(2)10-17-11-14-6-4-8-18(12-14)9-5-7-15(19)16-3/h13-14,17H,4-12H2,1-3H3,(H,16,19).